The molecule has 1 aromatic heterocycles. The topological polar surface area (TPSA) is 53.6 Å². The van der Waals surface area contributed by atoms with Crippen LogP contribution in [-0.2, 0) is 6.42 Å². The molecule has 0 saturated heterocycles. The predicted molar refractivity (Wildman–Crippen MR) is 84.9 cm³/mol. The molecule has 4 nitrogen and oxygen atoms in total. The van der Waals surface area contributed by atoms with Crippen LogP contribution in [0.3, 0.4) is 0 Å². The Morgan fingerprint density at radius 1 is 1.53 bits per heavy atom. The average molecular weight is 282 g/mol. The molecule has 0 radical (unpaired) electrons. The van der Waals surface area contributed by atoms with Gasteiger partial charge in [0.25, 0.3) is 0 Å². The fraction of sp³-hybridized carbons (Fsp3) is 0.643. The molecule has 0 amide bonds. The van der Waals surface area contributed by atoms with Gasteiger partial charge in [-0.15, -0.1) is 11.3 Å². The number of rotatable bonds is 8. The van der Waals surface area contributed by atoms with Gasteiger partial charge in [-0.25, -0.2) is 0 Å². The Labute approximate surface area is 120 Å². The summed E-state index contributed by atoms with van der Waals surface area (Å²) < 4.78 is 0. The second-order valence-corrected chi connectivity index (χ2v) is 5.78. The molecule has 0 bridgehead atoms. The molecule has 1 aromatic rings. The minimum absolute atomic E-state index is 0.552. The molecular formula is C14H26N4S. The number of thiophene rings is 1. The van der Waals surface area contributed by atoms with Crippen molar-refractivity contribution in [3.63, 3.8) is 0 Å². The van der Waals surface area contributed by atoms with Crippen molar-refractivity contribution in [3.8, 4) is 0 Å². The molecule has 0 fully saturated rings. The summed E-state index contributed by atoms with van der Waals surface area (Å²) in [4.78, 5) is 8.11. The SMILES string of the molecule is CCN(CCN=C(N)NCCc1cccs1)C(C)C. The van der Waals surface area contributed by atoms with E-state index in [4.69, 9.17) is 5.73 Å². The Bertz CT molecular complexity index is 360. The van der Waals surface area contributed by atoms with Gasteiger partial charge in [0.05, 0.1) is 6.54 Å². The number of hydrogen-bond donors (Lipinski definition) is 2. The van der Waals surface area contributed by atoms with Crippen LogP contribution >= 0.6 is 11.3 Å². The third-order valence-corrected chi connectivity index (χ3v) is 4.00. The highest BCUT2D eigenvalue weighted by atomic mass is 32.1. The van der Waals surface area contributed by atoms with Gasteiger partial charge in [-0.2, -0.15) is 0 Å². The van der Waals surface area contributed by atoms with E-state index in [1.54, 1.807) is 11.3 Å². The first-order valence-electron chi connectivity index (χ1n) is 6.93. The first kappa shape index (κ1) is 16.0. The van der Waals surface area contributed by atoms with Crippen molar-refractivity contribution in [2.75, 3.05) is 26.2 Å². The van der Waals surface area contributed by atoms with Crippen LogP contribution in [-0.4, -0.2) is 43.1 Å². The Morgan fingerprint density at radius 3 is 2.89 bits per heavy atom. The maximum Gasteiger partial charge on any atom is 0.188 e. The highest BCUT2D eigenvalue weighted by Crippen LogP contribution is 2.07. The zero-order valence-electron chi connectivity index (χ0n) is 12.2. The summed E-state index contributed by atoms with van der Waals surface area (Å²) in [5.74, 6) is 0.552. The molecule has 3 N–H and O–H groups in total. The standard InChI is InChI=1S/C14H26N4S/c1-4-18(12(2)3)10-9-17-14(15)16-8-7-13-6-5-11-19-13/h5-6,11-12H,4,7-10H2,1-3H3,(H3,15,16,17). The molecule has 19 heavy (non-hydrogen) atoms. The van der Waals surface area contributed by atoms with Crippen molar-refractivity contribution in [3.05, 3.63) is 22.4 Å². The van der Waals surface area contributed by atoms with Crippen molar-refractivity contribution < 1.29 is 0 Å². The fourth-order valence-corrected chi connectivity index (χ4v) is 2.61. The summed E-state index contributed by atoms with van der Waals surface area (Å²) in [6.07, 6.45) is 1.00. The molecule has 108 valence electrons. The molecule has 0 aliphatic carbocycles. The summed E-state index contributed by atoms with van der Waals surface area (Å²) in [6, 6.07) is 4.78. The number of hydrogen-bond acceptors (Lipinski definition) is 3. The number of nitrogens with two attached hydrogens (primary N) is 1. The van der Waals surface area contributed by atoms with Crippen molar-refractivity contribution in [2.24, 2.45) is 10.7 Å². The van der Waals surface area contributed by atoms with Crippen LogP contribution in [0, 0.1) is 0 Å². The first-order valence-corrected chi connectivity index (χ1v) is 7.81. The number of aliphatic imine (C=N–C) groups is 1. The van der Waals surface area contributed by atoms with E-state index in [0.717, 1.165) is 32.6 Å². The summed E-state index contributed by atoms with van der Waals surface area (Å²) >= 11 is 1.78. The number of likely N-dealkylation sites (N-methyl/N-ethyl adjacent to an activating group) is 1. The van der Waals surface area contributed by atoms with Gasteiger partial charge in [0.15, 0.2) is 5.96 Å². The predicted octanol–water partition coefficient (Wildman–Crippen LogP) is 1.93. The number of nitrogens with one attached hydrogen (secondary N) is 1. The molecule has 0 saturated carbocycles. The fourth-order valence-electron chi connectivity index (χ4n) is 1.90. The van der Waals surface area contributed by atoms with Crippen molar-refractivity contribution in [1.82, 2.24) is 10.2 Å². The van der Waals surface area contributed by atoms with E-state index >= 15 is 0 Å². The summed E-state index contributed by atoms with van der Waals surface area (Å²) in [7, 11) is 0. The monoisotopic (exact) mass is 282 g/mol. The van der Waals surface area contributed by atoms with Crippen LogP contribution in [0.1, 0.15) is 25.6 Å². The molecule has 0 atom stereocenters. The van der Waals surface area contributed by atoms with Crippen LogP contribution in [0.5, 0.6) is 0 Å². The molecule has 0 aromatic carbocycles. The lowest BCUT2D eigenvalue weighted by atomic mass is 10.3. The maximum atomic E-state index is 5.84. The van der Waals surface area contributed by atoms with Gasteiger partial charge in [-0.3, -0.25) is 9.89 Å². The van der Waals surface area contributed by atoms with Gasteiger partial charge in [0, 0.05) is 24.0 Å². The second kappa shape index (κ2) is 8.93. The van der Waals surface area contributed by atoms with E-state index in [2.05, 4.69) is 53.5 Å². The van der Waals surface area contributed by atoms with Crippen molar-refractivity contribution in [2.45, 2.75) is 33.2 Å². The van der Waals surface area contributed by atoms with Crippen molar-refractivity contribution >= 4 is 17.3 Å². The second-order valence-electron chi connectivity index (χ2n) is 4.75. The highest BCUT2D eigenvalue weighted by molar-refractivity contribution is 7.09. The van der Waals surface area contributed by atoms with E-state index < -0.39 is 0 Å². The van der Waals surface area contributed by atoms with E-state index in [0.29, 0.717) is 12.0 Å². The third-order valence-electron chi connectivity index (χ3n) is 3.06. The van der Waals surface area contributed by atoms with Gasteiger partial charge < -0.3 is 11.1 Å². The van der Waals surface area contributed by atoms with Crippen LogP contribution in [0.4, 0.5) is 0 Å². The van der Waals surface area contributed by atoms with Crippen molar-refractivity contribution in [1.29, 1.82) is 0 Å². The van der Waals surface area contributed by atoms with E-state index in [-0.39, 0.29) is 0 Å². The smallest absolute Gasteiger partial charge is 0.188 e. The van der Waals surface area contributed by atoms with Gasteiger partial charge in [0.1, 0.15) is 0 Å². The zero-order chi connectivity index (χ0) is 14.1. The summed E-state index contributed by atoms with van der Waals surface area (Å²) in [5, 5.41) is 5.25. The zero-order valence-corrected chi connectivity index (χ0v) is 13.0. The van der Waals surface area contributed by atoms with Crippen LogP contribution in [0.2, 0.25) is 0 Å². The summed E-state index contributed by atoms with van der Waals surface area (Å²) in [5.41, 5.74) is 5.84. The number of guanidine groups is 1. The Kier molecular flexibility index (Phi) is 7.52. The molecule has 0 aliphatic heterocycles. The van der Waals surface area contributed by atoms with E-state index in [1.165, 1.54) is 4.88 Å². The molecule has 1 heterocycles. The first-order chi connectivity index (χ1) is 9.13. The molecule has 5 heteroatoms. The van der Waals surface area contributed by atoms with Gasteiger partial charge >= 0.3 is 0 Å². The van der Waals surface area contributed by atoms with E-state index in [1.807, 2.05) is 0 Å². The van der Waals surface area contributed by atoms with E-state index in [9.17, 15) is 0 Å². The average Bonchev–Trinajstić information content (AvgIpc) is 2.87. The lowest BCUT2D eigenvalue weighted by Crippen LogP contribution is -2.36. The molecular weight excluding hydrogens is 256 g/mol. The lowest BCUT2D eigenvalue weighted by molar-refractivity contribution is 0.240. The Balaban J connectivity index is 2.18. The quantitative estimate of drug-likeness (QED) is 0.566. The maximum absolute atomic E-state index is 5.84. The normalized spacial score (nSPS) is 12.4. The van der Waals surface area contributed by atoms with Gasteiger partial charge in [0.2, 0.25) is 0 Å². The summed E-state index contributed by atoms with van der Waals surface area (Å²) in [6.45, 7) is 10.2. The molecule has 0 aliphatic rings. The Hall–Kier alpha value is -1.07. The minimum atomic E-state index is 0.552. The highest BCUT2D eigenvalue weighted by Gasteiger charge is 2.05. The lowest BCUT2D eigenvalue weighted by Gasteiger charge is -2.23. The molecule has 1 rings (SSSR count). The third kappa shape index (κ3) is 6.59. The molecule has 0 unspecified atom stereocenters. The molecule has 0 spiro atoms. The number of nitrogens with zero attached hydrogens (tertiary/aromatic N) is 2. The Morgan fingerprint density at radius 2 is 2.32 bits per heavy atom. The van der Waals surface area contributed by atoms with Crippen LogP contribution in [0.15, 0.2) is 22.5 Å². The van der Waals surface area contributed by atoms with Crippen LogP contribution in [0.25, 0.3) is 0 Å². The largest absolute Gasteiger partial charge is 0.370 e. The van der Waals surface area contributed by atoms with Gasteiger partial charge in [-0.1, -0.05) is 13.0 Å². The van der Waals surface area contributed by atoms with Gasteiger partial charge in [-0.05, 0) is 38.3 Å². The minimum Gasteiger partial charge on any atom is -0.370 e. The van der Waals surface area contributed by atoms with Crippen LogP contribution < -0.4 is 11.1 Å².